The molecule has 0 spiro atoms. The van der Waals surface area contributed by atoms with Gasteiger partial charge in [-0.1, -0.05) is 5.16 Å². The third-order valence-corrected chi connectivity index (χ3v) is 4.78. The minimum absolute atomic E-state index is 0.0404. The largest absolute Gasteiger partial charge is 0.481 e. The fraction of sp³-hybridized carbons (Fsp3) is 0.333. The van der Waals surface area contributed by atoms with Crippen LogP contribution in [0.3, 0.4) is 0 Å². The zero-order chi connectivity index (χ0) is 21.7. The number of halogens is 4. The molecule has 0 aliphatic carbocycles. The maximum absolute atomic E-state index is 13.7. The molecule has 1 saturated heterocycles. The Kier molecular flexibility index (Phi) is 7.04. The van der Waals surface area contributed by atoms with Crippen LogP contribution in [0.2, 0.25) is 0 Å². The molecule has 0 aromatic heterocycles. The van der Waals surface area contributed by atoms with Crippen LogP contribution in [0.1, 0.15) is 24.0 Å². The maximum atomic E-state index is 13.7. The zero-order valence-corrected chi connectivity index (χ0v) is 16.0. The second kappa shape index (κ2) is 9.71. The molecule has 1 N–H and O–H groups in total. The van der Waals surface area contributed by atoms with E-state index in [0.29, 0.717) is 38.2 Å². The summed E-state index contributed by atoms with van der Waals surface area (Å²) in [5.74, 6) is -4.78. The third kappa shape index (κ3) is 5.79. The van der Waals surface area contributed by atoms with Crippen molar-refractivity contribution in [2.75, 3.05) is 26.2 Å². The monoisotopic (exact) mass is 424 g/mol. The van der Waals surface area contributed by atoms with Gasteiger partial charge in [0.2, 0.25) is 0 Å². The van der Waals surface area contributed by atoms with Crippen LogP contribution in [0, 0.1) is 29.2 Å². The molecular formula is C21H20F4N2O3. The highest BCUT2D eigenvalue weighted by molar-refractivity contribution is 6.12. The Morgan fingerprint density at radius 1 is 1.00 bits per heavy atom. The lowest BCUT2D eigenvalue weighted by atomic mass is 9.98. The number of benzene rings is 2. The highest BCUT2D eigenvalue weighted by Gasteiger charge is 2.25. The van der Waals surface area contributed by atoms with Gasteiger partial charge in [0, 0.05) is 36.3 Å². The first-order valence-electron chi connectivity index (χ1n) is 9.40. The number of carbonyl (C=O) groups is 1. The van der Waals surface area contributed by atoms with E-state index in [-0.39, 0.29) is 23.4 Å². The van der Waals surface area contributed by atoms with E-state index in [2.05, 4.69) is 5.16 Å². The topological polar surface area (TPSA) is 62.1 Å². The van der Waals surface area contributed by atoms with Crippen molar-refractivity contribution >= 4 is 11.7 Å². The molecule has 1 aliphatic rings. The molecule has 0 saturated carbocycles. The van der Waals surface area contributed by atoms with E-state index in [1.165, 1.54) is 0 Å². The van der Waals surface area contributed by atoms with Gasteiger partial charge in [-0.15, -0.1) is 0 Å². The second-order valence-electron chi connectivity index (χ2n) is 7.07. The van der Waals surface area contributed by atoms with Crippen molar-refractivity contribution in [3.8, 4) is 0 Å². The van der Waals surface area contributed by atoms with Gasteiger partial charge in [0.15, 0.2) is 0 Å². The molecule has 0 unspecified atom stereocenters. The average molecular weight is 424 g/mol. The number of oxime groups is 1. The minimum atomic E-state index is -0.873. The van der Waals surface area contributed by atoms with Crippen molar-refractivity contribution < 1.29 is 32.3 Å². The van der Waals surface area contributed by atoms with Gasteiger partial charge in [-0.3, -0.25) is 9.69 Å². The van der Waals surface area contributed by atoms with Crippen LogP contribution in [-0.4, -0.2) is 47.9 Å². The summed E-state index contributed by atoms with van der Waals surface area (Å²) in [6.45, 7) is 1.55. The molecule has 5 nitrogen and oxygen atoms in total. The van der Waals surface area contributed by atoms with Gasteiger partial charge in [0.25, 0.3) is 0 Å². The normalized spacial score (nSPS) is 16.9. The second-order valence-corrected chi connectivity index (χ2v) is 7.07. The van der Waals surface area contributed by atoms with E-state index in [9.17, 15) is 22.4 Å². The molecule has 9 heteroatoms. The van der Waals surface area contributed by atoms with Crippen molar-refractivity contribution in [1.29, 1.82) is 0 Å². The fourth-order valence-corrected chi connectivity index (χ4v) is 3.39. The standard InChI is InChI=1S/C21H20F4N2O3/c22-16-6-14(7-17(23)10-16)20(15-8-18(24)11-19(25)9-15)26-30-5-4-27-3-1-2-13(12-27)21(28)29/h6-11,13H,1-5,12H2,(H,28,29)/t13-/m1/s1. The number of piperidine rings is 1. The molecule has 1 atom stereocenters. The summed E-state index contributed by atoms with van der Waals surface area (Å²) in [5, 5.41) is 13.0. The molecule has 30 heavy (non-hydrogen) atoms. The van der Waals surface area contributed by atoms with Crippen LogP contribution in [0.4, 0.5) is 17.6 Å². The molecule has 2 aromatic carbocycles. The van der Waals surface area contributed by atoms with Crippen LogP contribution >= 0.6 is 0 Å². The minimum Gasteiger partial charge on any atom is -0.481 e. The van der Waals surface area contributed by atoms with E-state index < -0.39 is 35.2 Å². The van der Waals surface area contributed by atoms with Gasteiger partial charge >= 0.3 is 5.97 Å². The summed E-state index contributed by atoms with van der Waals surface area (Å²) in [4.78, 5) is 18.3. The molecule has 0 radical (unpaired) electrons. The Hall–Kier alpha value is -2.94. The Labute approximate surface area is 170 Å². The SMILES string of the molecule is O=C(O)[C@@H]1CCCN(CCON=C(c2cc(F)cc(F)c2)c2cc(F)cc(F)c2)C1. The first-order chi connectivity index (χ1) is 14.3. The zero-order valence-electron chi connectivity index (χ0n) is 16.0. The van der Waals surface area contributed by atoms with Crippen LogP contribution in [0.5, 0.6) is 0 Å². The Morgan fingerprint density at radius 2 is 1.53 bits per heavy atom. The lowest BCUT2D eigenvalue weighted by Crippen LogP contribution is -2.40. The molecule has 160 valence electrons. The van der Waals surface area contributed by atoms with Crippen LogP contribution in [0.15, 0.2) is 41.6 Å². The third-order valence-electron chi connectivity index (χ3n) is 4.78. The van der Waals surface area contributed by atoms with Crippen molar-refractivity contribution in [3.63, 3.8) is 0 Å². The molecule has 1 fully saturated rings. The molecule has 1 heterocycles. The number of carboxylic acids is 1. The molecule has 0 bridgehead atoms. The van der Waals surface area contributed by atoms with Gasteiger partial charge in [-0.25, -0.2) is 17.6 Å². The van der Waals surface area contributed by atoms with Gasteiger partial charge in [-0.05, 0) is 43.7 Å². The number of aliphatic carboxylic acids is 1. The van der Waals surface area contributed by atoms with Crippen molar-refractivity contribution in [3.05, 3.63) is 70.8 Å². The summed E-state index contributed by atoms with van der Waals surface area (Å²) in [6, 6.07) is 5.27. The lowest BCUT2D eigenvalue weighted by Gasteiger charge is -2.29. The van der Waals surface area contributed by atoms with E-state index in [1.807, 2.05) is 4.90 Å². The molecular weight excluding hydrogens is 404 g/mol. The first kappa shape index (κ1) is 21.8. The van der Waals surface area contributed by atoms with Crippen LogP contribution in [0.25, 0.3) is 0 Å². The first-order valence-corrected chi connectivity index (χ1v) is 9.40. The molecule has 1 aliphatic heterocycles. The van der Waals surface area contributed by atoms with E-state index >= 15 is 0 Å². The number of likely N-dealkylation sites (tertiary alicyclic amines) is 1. The van der Waals surface area contributed by atoms with Gasteiger partial charge < -0.3 is 9.94 Å². The molecule has 0 amide bonds. The van der Waals surface area contributed by atoms with Gasteiger partial charge in [-0.2, -0.15) is 0 Å². The maximum Gasteiger partial charge on any atom is 0.307 e. The highest BCUT2D eigenvalue weighted by atomic mass is 19.1. The Bertz CT molecular complexity index is 858. The Morgan fingerprint density at radius 3 is 2.03 bits per heavy atom. The summed E-state index contributed by atoms with van der Waals surface area (Å²) in [5.41, 5.74) is -0.211. The van der Waals surface area contributed by atoms with Gasteiger partial charge in [0.05, 0.1) is 5.92 Å². The van der Waals surface area contributed by atoms with E-state index in [0.717, 1.165) is 30.7 Å². The predicted molar refractivity (Wildman–Crippen MR) is 101 cm³/mol. The van der Waals surface area contributed by atoms with E-state index in [4.69, 9.17) is 9.94 Å². The van der Waals surface area contributed by atoms with Crippen molar-refractivity contribution in [1.82, 2.24) is 4.90 Å². The van der Waals surface area contributed by atoms with Crippen molar-refractivity contribution in [2.45, 2.75) is 12.8 Å². The average Bonchev–Trinajstić information content (AvgIpc) is 2.66. The molecule has 2 aromatic rings. The highest BCUT2D eigenvalue weighted by Crippen LogP contribution is 2.18. The van der Waals surface area contributed by atoms with Crippen LogP contribution < -0.4 is 0 Å². The lowest BCUT2D eigenvalue weighted by molar-refractivity contribution is -0.143. The fourth-order valence-electron chi connectivity index (χ4n) is 3.39. The summed E-state index contributed by atoms with van der Waals surface area (Å²) in [7, 11) is 0. The van der Waals surface area contributed by atoms with E-state index in [1.54, 1.807) is 0 Å². The number of rotatable bonds is 7. The predicted octanol–water partition coefficient (Wildman–Crippen LogP) is 3.81. The summed E-state index contributed by atoms with van der Waals surface area (Å²) < 4.78 is 54.6. The van der Waals surface area contributed by atoms with Crippen LogP contribution in [-0.2, 0) is 9.63 Å². The summed E-state index contributed by atoms with van der Waals surface area (Å²) >= 11 is 0. The van der Waals surface area contributed by atoms with Crippen molar-refractivity contribution in [2.24, 2.45) is 11.1 Å². The summed E-state index contributed by atoms with van der Waals surface area (Å²) in [6.07, 6.45) is 1.36. The number of carboxylic acid groups (broad SMARTS) is 1. The van der Waals surface area contributed by atoms with Gasteiger partial charge in [0.1, 0.15) is 35.6 Å². The smallest absolute Gasteiger partial charge is 0.307 e. The molecule has 3 rings (SSSR count). The quantitative estimate of drug-likeness (QED) is 0.318. The number of hydrogen-bond acceptors (Lipinski definition) is 4. The number of hydrogen-bond donors (Lipinski definition) is 1. The number of nitrogens with zero attached hydrogens (tertiary/aromatic N) is 2. The Balaban J connectivity index is 1.76.